The fourth-order valence-electron chi connectivity index (χ4n) is 1.79. The predicted octanol–water partition coefficient (Wildman–Crippen LogP) is -0.199. The standard InChI is InChI=1S/C9H16N2O3/c10-8(12)4-3-7(9(13)14)11-5-1-2-6-11/h7H,1-6H2,(H2,10,12)(H,13,14). The van der Waals surface area contributed by atoms with E-state index in [-0.39, 0.29) is 6.42 Å². The maximum atomic E-state index is 10.9. The molecule has 0 bridgehead atoms. The Kier molecular flexibility index (Phi) is 3.88. The van der Waals surface area contributed by atoms with Crippen LogP contribution in [0.1, 0.15) is 25.7 Å². The van der Waals surface area contributed by atoms with Crippen molar-refractivity contribution < 1.29 is 14.7 Å². The Hall–Kier alpha value is -1.10. The van der Waals surface area contributed by atoms with Crippen molar-refractivity contribution in [2.24, 2.45) is 5.73 Å². The van der Waals surface area contributed by atoms with Crippen molar-refractivity contribution in [3.63, 3.8) is 0 Å². The maximum absolute atomic E-state index is 10.9. The van der Waals surface area contributed by atoms with Crippen molar-refractivity contribution in [3.05, 3.63) is 0 Å². The second-order valence-corrected chi connectivity index (χ2v) is 3.60. The lowest BCUT2D eigenvalue weighted by atomic mass is 10.1. The van der Waals surface area contributed by atoms with Crippen molar-refractivity contribution in [1.29, 1.82) is 0 Å². The number of rotatable bonds is 5. The summed E-state index contributed by atoms with van der Waals surface area (Å²) in [5, 5.41) is 8.95. The van der Waals surface area contributed by atoms with E-state index >= 15 is 0 Å². The topological polar surface area (TPSA) is 83.6 Å². The fourth-order valence-corrected chi connectivity index (χ4v) is 1.79. The molecule has 3 N–H and O–H groups in total. The Morgan fingerprint density at radius 3 is 2.36 bits per heavy atom. The summed E-state index contributed by atoms with van der Waals surface area (Å²) in [5.74, 6) is -1.29. The van der Waals surface area contributed by atoms with Gasteiger partial charge in [0.15, 0.2) is 0 Å². The Balaban J connectivity index is 2.45. The lowest BCUT2D eigenvalue weighted by Gasteiger charge is -2.22. The van der Waals surface area contributed by atoms with E-state index in [1.54, 1.807) is 0 Å². The van der Waals surface area contributed by atoms with E-state index in [4.69, 9.17) is 10.8 Å². The second kappa shape index (κ2) is 4.95. The van der Waals surface area contributed by atoms with Gasteiger partial charge in [0.2, 0.25) is 5.91 Å². The van der Waals surface area contributed by atoms with Crippen LogP contribution in [0.15, 0.2) is 0 Å². The van der Waals surface area contributed by atoms with Crippen LogP contribution in [0.2, 0.25) is 0 Å². The molecule has 0 aromatic rings. The molecule has 0 spiro atoms. The summed E-state index contributed by atoms with van der Waals surface area (Å²) >= 11 is 0. The van der Waals surface area contributed by atoms with E-state index < -0.39 is 17.9 Å². The number of carbonyl (C=O) groups is 2. The molecule has 1 amide bonds. The molecular weight excluding hydrogens is 184 g/mol. The molecule has 1 unspecified atom stereocenters. The minimum atomic E-state index is -0.854. The molecule has 1 heterocycles. The van der Waals surface area contributed by atoms with Crippen LogP contribution >= 0.6 is 0 Å². The first-order valence-corrected chi connectivity index (χ1v) is 4.86. The molecule has 1 aliphatic rings. The van der Waals surface area contributed by atoms with Crippen molar-refractivity contribution >= 4 is 11.9 Å². The van der Waals surface area contributed by atoms with Crippen LogP contribution < -0.4 is 5.73 Å². The van der Waals surface area contributed by atoms with Crippen LogP contribution in [0, 0.1) is 0 Å². The number of nitrogens with zero attached hydrogens (tertiary/aromatic N) is 1. The molecule has 1 saturated heterocycles. The lowest BCUT2D eigenvalue weighted by molar-refractivity contribution is -0.143. The first-order chi connectivity index (χ1) is 6.61. The van der Waals surface area contributed by atoms with Gasteiger partial charge in [0.1, 0.15) is 6.04 Å². The summed E-state index contributed by atoms with van der Waals surface area (Å²) in [6.45, 7) is 1.63. The number of hydrogen-bond donors (Lipinski definition) is 2. The second-order valence-electron chi connectivity index (χ2n) is 3.60. The van der Waals surface area contributed by atoms with Gasteiger partial charge in [0.25, 0.3) is 0 Å². The summed E-state index contributed by atoms with van der Waals surface area (Å²) < 4.78 is 0. The third-order valence-corrected chi connectivity index (χ3v) is 2.53. The molecule has 1 rings (SSSR count). The molecule has 0 aromatic heterocycles. The Labute approximate surface area is 82.9 Å². The largest absolute Gasteiger partial charge is 0.480 e. The number of carboxylic acid groups (broad SMARTS) is 1. The van der Waals surface area contributed by atoms with Gasteiger partial charge in [0, 0.05) is 6.42 Å². The van der Waals surface area contributed by atoms with E-state index in [1.165, 1.54) is 0 Å². The molecule has 1 fully saturated rings. The van der Waals surface area contributed by atoms with Crippen molar-refractivity contribution in [1.82, 2.24) is 4.90 Å². The molecule has 0 aliphatic carbocycles. The summed E-state index contributed by atoms with van der Waals surface area (Å²) in [5.41, 5.74) is 4.99. The molecule has 0 radical (unpaired) electrons. The summed E-state index contributed by atoms with van der Waals surface area (Å²) in [6.07, 6.45) is 2.55. The fraction of sp³-hybridized carbons (Fsp3) is 0.778. The van der Waals surface area contributed by atoms with Crippen molar-refractivity contribution in [2.45, 2.75) is 31.7 Å². The van der Waals surface area contributed by atoms with Gasteiger partial charge in [-0.2, -0.15) is 0 Å². The first kappa shape index (κ1) is 11.0. The van der Waals surface area contributed by atoms with Crippen molar-refractivity contribution in [3.8, 4) is 0 Å². The van der Waals surface area contributed by atoms with Crippen LogP contribution in [0.4, 0.5) is 0 Å². The van der Waals surface area contributed by atoms with Gasteiger partial charge in [0.05, 0.1) is 0 Å². The molecule has 14 heavy (non-hydrogen) atoms. The van der Waals surface area contributed by atoms with Crippen LogP contribution in [-0.4, -0.2) is 41.0 Å². The number of likely N-dealkylation sites (tertiary alicyclic amines) is 1. The van der Waals surface area contributed by atoms with Crippen LogP contribution in [-0.2, 0) is 9.59 Å². The quantitative estimate of drug-likeness (QED) is 0.643. The molecule has 80 valence electrons. The smallest absolute Gasteiger partial charge is 0.320 e. The van der Waals surface area contributed by atoms with E-state index in [0.717, 1.165) is 25.9 Å². The summed E-state index contributed by atoms with van der Waals surface area (Å²) in [4.78, 5) is 23.4. The zero-order valence-corrected chi connectivity index (χ0v) is 8.11. The number of carbonyl (C=O) groups excluding carboxylic acids is 1. The zero-order valence-electron chi connectivity index (χ0n) is 8.11. The van der Waals surface area contributed by atoms with Crippen molar-refractivity contribution in [2.75, 3.05) is 13.1 Å². The molecule has 5 heteroatoms. The Morgan fingerprint density at radius 2 is 1.93 bits per heavy atom. The van der Waals surface area contributed by atoms with Gasteiger partial charge in [-0.3, -0.25) is 14.5 Å². The van der Waals surface area contributed by atoms with E-state index in [9.17, 15) is 9.59 Å². The van der Waals surface area contributed by atoms with Gasteiger partial charge in [-0.25, -0.2) is 0 Å². The average Bonchev–Trinajstić information content (AvgIpc) is 2.56. The summed E-state index contributed by atoms with van der Waals surface area (Å²) in [6, 6.07) is -0.537. The number of hydrogen-bond acceptors (Lipinski definition) is 3. The minimum absolute atomic E-state index is 0.146. The maximum Gasteiger partial charge on any atom is 0.320 e. The van der Waals surface area contributed by atoms with E-state index in [2.05, 4.69) is 0 Å². The number of primary amides is 1. The molecule has 1 atom stereocenters. The predicted molar refractivity (Wildman–Crippen MR) is 50.7 cm³/mol. The number of nitrogens with two attached hydrogens (primary N) is 1. The SMILES string of the molecule is NC(=O)CCC(C(=O)O)N1CCCC1. The highest BCUT2D eigenvalue weighted by molar-refractivity contribution is 5.77. The molecular formula is C9H16N2O3. The third kappa shape index (κ3) is 2.99. The minimum Gasteiger partial charge on any atom is -0.480 e. The number of amides is 1. The van der Waals surface area contributed by atoms with Gasteiger partial charge in [-0.1, -0.05) is 0 Å². The highest BCUT2D eigenvalue weighted by atomic mass is 16.4. The molecule has 0 saturated carbocycles. The highest BCUT2D eigenvalue weighted by Gasteiger charge is 2.27. The highest BCUT2D eigenvalue weighted by Crippen LogP contribution is 2.15. The number of carboxylic acids is 1. The Morgan fingerprint density at radius 1 is 1.36 bits per heavy atom. The monoisotopic (exact) mass is 200 g/mol. The van der Waals surface area contributed by atoms with E-state index in [0.29, 0.717) is 6.42 Å². The summed E-state index contributed by atoms with van der Waals surface area (Å²) in [7, 11) is 0. The number of aliphatic carboxylic acids is 1. The van der Waals surface area contributed by atoms with Gasteiger partial charge < -0.3 is 10.8 Å². The third-order valence-electron chi connectivity index (χ3n) is 2.53. The first-order valence-electron chi connectivity index (χ1n) is 4.86. The Bertz CT molecular complexity index is 224. The normalized spacial score (nSPS) is 19.4. The zero-order chi connectivity index (χ0) is 10.6. The molecule has 5 nitrogen and oxygen atoms in total. The van der Waals surface area contributed by atoms with E-state index in [1.807, 2.05) is 4.90 Å². The van der Waals surface area contributed by atoms with Gasteiger partial charge in [-0.15, -0.1) is 0 Å². The lowest BCUT2D eigenvalue weighted by Crippen LogP contribution is -2.39. The van der Waals surface area contributed by atoms with Crippen LogP contribution in [0.25, 0.3) is 0 Å². The van der Waals surface area contributed by atoms with Crippen LogP contribution in [0.3, 0.4) is 0 Å². The molecule has 0 aromatic carbocycles. The van der Waals surface area contributed by atoms with Gasteiger partial charge in [-0.05, 0) is 32.4 Å². The van der Waals surface area contributed by atoms with Gasteiger partial charge >= 0.3 is 5.97 Å². The van der Waals surface area contributed by atoms with Crippen LogP contribution in [0.5, 0.6) is 0 Å². The molecule has 1 aliphatic heterocycles. The average molecular weight is 200 g/mol.